The first-order chi connectivity index (χ1) is 14.8. The zero-order chi connectivity index (χ0) is 23.9. The number of benzene rings is 2. The van der Waals surface area contributed by atoms with E-state index in [1.807, 2.05) is 0 Å². The fourth-order valence-corrected chi connectivity index (χ4v) is 4.33. The van der Waals surface area contributed by atoms with Crippen molar-refractivity contribution in [2.75, 3.05) is 10.2 Å². The lowest BCUT2D eigenvalue weighted by Crippen LogP contribution is -2.69. The molecule has 9 nitrogen and oxygen atoms in total. The van der Waals surface area contributed by atoms with E-state index in [2.05, 4.69) is 5.32 Å². The minimum atomic E-state index is -5.55. The summed E-state index contributed by atoms with van der Waals surface area (Å²) in [6, 6.07) is 7.53. The summed E-state index contributed by atoms with van der Waals surface area (Å²) in [6.45, 7) is 1.21. The second-order valence-corrected chi connectivity index (χ2v) is 8.73. The summed E-state index contributed by atoms with van der Waals surface area (Å²) in [5.74, 6) is -2.36. The van der Waals surface area contributed by atoms with E-state index in [1.54, 1.807) is 0 Å². The van der Waals surface area contributed by atoms with Crippen molar-refractivity contribution in [1.82, 2.24) is 10.0 Å². The maximum Gasteiger partial charge on any atom is 0.435 e. The van der Waals surface area contributed by atoms with Crippen LogP contribution in [-0.4, -0.2) is 38.1 Å². The number of carbonyl (C=O) groups is 3. The molecule has 1 atom stereocenters. The van der Waals surface area contributed by atoms with E-state index in [1.165, 1.54) is 29.1 Å². The number of anilines is 2. The van der Waals surface area contributed by atoms with Gasteiger partial charge in [-0.1, -0.05) is 17.7 Å². The number of carbonyl (C=O) groups excluding carboxylic acids is 3. The predicted octanol–water partition coefficient (Wildman–Crippen LogP) is 2.59. The van der Waals surface area contributed by atoms with Gasteiger partial charge in [0.05, 0.1) is 10.6 Å². The van der Waals surface area contributed by atoms with Crippen LogP contribution < -0.4 is 20.3 Å². The maximum absolute atomic E-state index is 14.0. The summed E-state index contributed by atoms with van der Waals surface area (Å²) >= 11 is 5.78. The van der Waals surface area contributed by atoms with Crippen molar-refractivity contribution in [3.05, 3.63) is 53.6 Å². The highest BCUT2D eigenvalue weighted by atomic mass is 35.5. The number of rotatable bonds is 5. The molecule has 1 saturated heterocycles. The average molecular weight is 491 g/mol. The second-order valence-electron chi connectivity index (χ2n) is 6.61. The minimum Gasteiger partial charge on any atom is -0.326 e. The monoisotopic (exact) mass is 490 g/mol. The van der Waals surface area contributed by atoms with E-state index in [0.717, 1.165) is 36.4 Å². The van der Waals surface area contributed by atoms with Crippen LogP contribution in [0.3, 0.4) is 0 Å². The summed E-state index contributed by atoms with van der Waals surface area (Å²) in [5, 5.41) is 3.81. The fraction of sp³-hybridized carbons (Fsp3) is 0.167. The van der Waals surface area contributed by atoms with E-state index in [9.17, 15) is 36.0 Å². The number of hydrogen-bond donors (Lipinski definition) is 3. The number of hydrogen-bond acceptors (Lipinski definition) is 5. The van der Waals surface area contributed by atoms with Crippen LogP contribution in [0.1, 0.15) is 6.92 Å². The zero-order valence-corrected chi connectivity index (χ0v) is 17.6. The van der Waals surface area contributed by atoms with E-state index < -0.39 is 44.6 Å². The molecule has 170 valence electrons. The van der Waals surface area contributed by atoms with Gasteiger partial charge in [0.25, 0.3) is 11.6 Å². The van der Waals surface area contributed by atoms with Gasteiger partial charge in [-0.05, 0) is 42.5 Å². The highest BCUT2D eigenvalue weighted by Crippen LogP contribution is 2.37. The number of alkyl halides is 3. The average Bonchev–Trinajstić information content (AvgIpc) is 2.91. The van der Waals surface area contributed by atoms with Crippen molar-refractivity contribution in [3.8, 4) is 0 Å². The maximum atomic E-state index is 14.0. The minimum absolute atomic E-state index is 0.0347. The van der Waals surface area contributed by atoms with Crippen LogP contribution in [0.2, 0.25) is 5.02 Å². The second kappa shape index (κ2) is 8.07. The molecule has 1 aliphatic rings. The molecule has 0 radical (unpaired) electrons. The highest BCUT2D eigenvalue weighted by Gasteiger charge is 2.69. The zero-order valence-electron chi connectivity index (χ0n) is 16.0. The molecule has 0 saturated carbocycles. The highest BCUT2D eigenvalue weighted by molar-refractivity contribution is 7.89. The van der Waals surface area contributed by atoms with Crippen molar-refractivity contribution >= 4 is 50.8 Å². The van der Waals surface area contributed by atoms with Gasteiger partial charge >= 0.3 is 12.2 Å². The molecule has 1 aliphatic heterocycles. The Morgan fingerprint density at radius 2 is 1.75 bits per heavy atom. The molecule has 0 aliphatic carbocycles. The lowest BCUT2D eigenvalue weighted by Gasteiger charge is -2.29. The van der Waals surface area contributed by atoms with Crippen molar-refractivity contribution in [3.63, 3.8) is 0 Å². The summed E-state index contributed by atoms with van der Waals surface area (Å²) in [6.07, 6.45) is -5.55. The summed E-state index contributed by atoms with van der Waals surface area (Å²) in [4.78, 5) is 35.6. The molecular weight excluding hydrogens is 477 g/mol. The molecule has 1 unspecified atom stereocenters. The van der Waals surface area contributed by atoms with Crippen molar-refractivity contribution in [1.29, 1.82) is 0 Å². The van der Waals surface area contributed by atoms with Crippen LogP contribution in [0.4, 0.5) is 29.3 Å². The lowest BCUT2D eigenvalue weighted by atomic mass is 10.1. The first kappa shape index (κ1) is 23.5. The third-order valence-electron chi connectivity index (χ3n) is 4.29. The van der Waals surface area contributed by atoms with Crippen LogP contribution in [0.25, 0.3) is 0 Å². The Labute approximate surface area is 184 Å². The Bertz CT molecular complexity index is 1200. The standard InChI is InChI=1S/C18H14ClF3N4O5S/c1-10(27)23-12-5-7-14(8-6-12)32(30,31)25-17(18(20,21)22)15(28)26(16(29)24-17)13-4-2-3-11(19)9-13/h2-9,25H,1H3,(H,23,27)(H,24,29). The number of halogens is 4. The van der Waals surface area contributed by atoms with Crippen LogP contribution in [0.5, 0.6) is 0 Å². The lowest BCUT2D eigenvalue weighted by molar-refractivity contribution is -0.194. The first-order valence-corrected chi connectivity index (χ1v) is 10.5. The number of nitrogens with one attached hydrogen (secondary N) is 3. The molecule has 0 spiro atoms. The Balaban J connectivity index is 2.01. The number of nitrogens with zero attached hydrogens (tertiary/aromatic N) is 1. The van der Waals surface area contributed by atoms with Gasteiger partial charge in [-0.3, -0.25) is 9.59 Å². The SMILES string of the molecule is CC(=O)Nc1ccc(S(=O)(=O)NC2(C(F)(F)F)NC(=O)N(c3cccc(Cl)c3)C2=O)cc1. The Hall–Kier alpha value is -3.16. The van der Waals surface area contributed by atoms with Crippen molar-refractivity contribution in [2.24, 2.45) is 0 Å². The Morgan fingerprint density at radius 1 is 1.12 bits per heavy atom. The van der Waals surface area contributed by atoms with Crippen LogP contribution in [0, 0.1) is 0 Å². The molecule has 1 fully saturated rings. The quantitative estimate of drug-likeness (QED) is 0.556. The number of imide groups is 1. The molecule has 3 rings (SSSR count). The molecule has 0 aromatic heterocycles. The van der Waals surface area contributed by atoms with E-state index in [-0.39, 0.29) is 21.3 Å². The number of sulfonamides is 1. The van der Waals surface area contributed by atoms with Gasteiger partial charge in [0.2, 0.25) is 15.9 Å². The topological polar surface area (TPSA) is 125 Å². The van der Waals surface area contributed by atoms with Gasteiger partial charge < -0.3 is 10.6 Å². The van der Waals surface area contributed by atoms with Gasteiger partial charge in [-0.25, -0.2) is 18.1 Å². The molecular formula is C18H14ClF3N4O5S. The third kappa shape index (κ3) is 4.26. The molecule has 2 aromatic carbocycles. The number of urea groups is 1. The smallest absolute Gasteiger partial charge is 0.326 e. The van der Waals surface area contributed by atoms with Crippen LogP contribution in [0.15, 0.2) is 53.4 Å². The molecule has 32 heavy (non-hydrogen) atoms. The van der Waals surface area contributed by atoms with E-state index >= 15 is 0 Å². The molecule has 14 heteroatoms. The number of amides is 4. The summed E-state index contributed by atoms with van der Waals surface area (Å²) in [7, 11) is -4.97. The van der Waals surface area contributed by atoms with Gasteiger partial charge in [-0.15, -0.1) is 0 Å². The van der Waals surface area contributed by atoms with Crippen molar-refractivity contribution in [2.45, 2.75) is 23.7 Å². The largest absolute Gasteiger partial charge is 0.435 e. The summed E-state index contributed by atoms with van der Waals surface area (Å²) < 4.78 is 68.6. The fourth-order valence-electron chi connectivity index (χ4n) is 2.88. The predicted molar refractivity (Wildman–Crippen MR) is 107 cm³/mol. The molecule has 2 aromatic rings. The van der Waals surface area contributed by atoms with Gasteiger partial charge in [0.1, 0.15) is 0 Å². The van der Waals surface area contributed by atoms with Gasteiger partial charge in [0.15, 0.2) is 0 Å². The van der Waals surface area contributed by atoms with Crippen LogP contribution >= 0.6 is 11.6 Å². The molecule has 1 heterocycles. The molecule has 4 amide bonds. The van der Waals surface area contributed by atoms with E-state index in [0.29, 0.717) is 0 Å². The van der Waals surface area contributed by atoms with Gasteiger partial charge in [-0.2, -0.15) is 17.9 Å². The summed E-state index contributed by atoms with van der Waals surface area (Å²) in [5.41, 5.74) is -4.05. The Kier molecular flexibility index (Phi) is 5.93. The molecule has 0 bridgehead atoms. The first-order valence-electron chi connectivity index (χ1n) is 8.67. The van der Waals surface area contributed by atoms with Gasteiger partial charge in [0, 0.05) is 17.6 Å². The third-order valence-corrected chi connectivity index (χ3v) is 5.99. The van der Waals surface area contributed by atoms with Crippen molar-refractivity contribution < 1.29 is 36.0 Å². The normalized spacial score (nSPS) is 19.1. The molecule has 3 N–H and O–H groups in total. The van der Waals surface area contributed by atoms with Crippen LogP contribution in [-0.2, 0) is 19.6 Å². The van der Waals surface area contributed by atoms with E-state index in [4.69, 9.17) is 11.6 Å². The Morgan fingerprint density at radius 3 is 2.28 bits per heavy atom.